The van der Waals surface area contributed by atoms with E-state index < -0.39 is 0 Å². The van der Waals surface area contributed by atoms with Crippen LogP contribution in [-0.4, -0.2) is 22.1 Å². The van der Waals surface area contributed by atoms with E-state index in [1.807, 2.05) is 6.92 Å². The van der Waals surface area contributed by atoms with Crippen LogP contribution in [0.1, 0.15) is 26.0 Å². The normalized spacial score (nSPS) is 11.1. The molecule has 0 atom stereocenters. The van der Waals surface area contributed by atoms with E-state index in [0.717, 1.165) is 18.7 Å². The van der Waals surface area contributed by atoms with Gasteiger partial charge in [-0.15, -0.1) is 0 Å². The van der Waals surface area contributed by atoms with Gasteiger partial charge < -0.3 is 5.32 Å². The molecule has 1 heterocycles. The lowest BCUT2D eigenvalue weighted by Crippen LogP contribution is -2.27. The molecule has 4 nitrogen and oxygen atoms in total. The van der Waals surface area contributed by atoms with E-state index in [0.29, 0.717) is 17.1 Å². The van der Waals surface area contributed by atoms with Crippen LogP contribution in [0.25, 0.3) is 0 Å². The fourth-order valence-electron chi connectivity index (χ4n) is 1.35. The van der Waals surface area contributed by atoms with Crippen molar-refractivity contribution in [3.05, 3.63) is 26.8 Å². The molecule has 1 rings (SSSR count). The molecule has 1 N–H and O–H groups in total. The molecule has 0 spiro atoms. The largest absolute Gasteiger partial charge is 0.314 e. The van der Waals surface area contributed by atoms with E-state index in [4.69, 9.17) is 0 Å². The van der Waals surface area contributed by atoms with Crippen LogP contribution in [0.5, 0.6) is 0 Å². The molecule has 90 valence electrons. The van der Waals surface area contributed by atoms with Gasteiger partial charge in [-0.1, -0.05) is 13.8 Å². The predicted molar refractivity (Wildman–Crippen MR) is 68.7 cm³/mol. The van der Waals surface area contributed by atoms with Gasteiger partial charge in [-0.25, -0.2) is 4.98 Å². The minimum absolute atomic E-state index is 0.00273. The average molecular weight is 288 g/mol. The number of hydrogen-bond acceptors (Lipinski definition) is 3. The molecule has 0 bridgehead atoms. The highest BCUT2D eigenvalue weighted by atomic mass is 79.9. The van der Waals surface area contributed by atoms with E-state index in [9.17, 15) is 4.79 Å². The molecule has 0 aliphatic carbocycles. The van der Waals surface area contributed by atoms with Gasteiger partial charge in [-0.2, -0.15) is 0 Å². The zero-order chi connectivity index (χ0) is 12.1. The van der Waals surface area contributed by atoms with Crippen LogP contribution in [0, 0.1) is 6.92 Å². The Bertz CT molecular complexity index is 401. The fraction of sp³-hybridized carbons (Fsp3) is 0.636. The molecule has 1 aromatic heterocycles. The van der Waals surface area contributed by atoms with Crippen molar-refractivity contribution < 1.29 is 0 Å². The molecule has 0 amide bonds. The van der Waals surface area contributed by atoms with Gasteiger partial charge in [0.05, 0.1) is 12.0 Å². The number of hydrogen-bond donors (Lipinski definition) is 1. The first-order valence-corrected chi connectivity index (χ1v) is 6.26. The summed E-state index contributed by atoms with van der Waals surface area (Å²) in [5.41, 5.74) is 0.735. The van der Waals surface area contributed by atoms with Crippen molar-refractivity contribution in [3.8, 4) is 0 Å². The van der Waals surface area contributed by atoms with Crippen molar-refractivity contribution in [3.63, 3.8) is 0 Å². The number of aromatic nitrogens is 2. The van der Waals surface area contributed by atoms with Crippen LogP contribution in [0.15, 0.2) is 15.6 Å². The highest BCUT2D eigenvalue weighted by Crippen LogP contribution is 2.06. The Morgan fingerprint density at radius 3 is 2.88 bits per heavy atom. The summed E-state index contributed by atoms with van der Waals surface area (Å²) in [7, 11) is 0. The van der Waals surface area contributed by atoms with Crippen LogP contribution in [0.2, 0.25) is 0 Å². The van der Waals surface area contributed by atoms with E-state index in [2.05, 4.69) is 40.1 Å². The second kappa shape index (κ2) is 6.15. The van der Waals surface area contributed by atoms with Gasteiger partial charge in [0.2, 0.25) is 0 Å². The summed E-state index contributed by atoms with van der Waals surface area (Å²) in [6.07, 6.45) is 2.53. The fourth-order valence-corrected chi connectivity index (χ4v) is 1.68. The van der Waals surface area contributed by atoms with Crippen LogP contribution < -0.4 is 10.9 Å². The predicted octanol–water partition coefficient (Wildman–Crippen LogP) is 1.70. The Morgan fingerprint density at radius 2 is 2.25 bits per heavy atom. The Morgan fingerprint density at radius 1 is 1.56 bits per heavy atom. The SMILES string of the molecule is Cc1ncn(CCCNC(C)C)c(=O)c1Br. The second-order valence-electron chi connectivity index (χ2n) is 4.10. The minimum atomic E-state index is -0.00273. The van der Waals surface area contributed by atoms with Crippen LogP contribution in [-0.2, 0) is 6.54 Å². The molecule has 0 saturated carbocycles. The summed E-state index contributed by atoms with van der Waals surface area (Å²) in [5, 5.41) is 3.31. The van der Waals surface area contributed by atoms with Gasteiger partial charge in [0.1, 0.15) is 4.47 Å². The highest BCUT2D eigenvalue weighted by Gasteiger charge is 2.04. The quantitative estimate of drug-likeness (QED) is 0.839. The number of nitrogens with zero attached hydrogens (tertiary/aromatic N) is 2. The lowest BCUT2D eigenvalue weighted by Gasteiger charge is -2.09. The van der Waals surface area contributed by atoms with Crippen molar-refractivity contribution in [2.45, 2.75) is 39.8 Å². The van der Waals surface area contributed by atoms with E-state index in [-0.39, 0.29) is 5.56 Å². The molecule has 16 heavy (non-hydrogen) atoms. The molecular weight excluding hydrogens is 270 g/mol. The van der Waals surface area contributed by atoms with Crippen molar-refractivity contribution in [1.29, 1.82) is 0 Å². The van der Waals surface area contributed by atoms with E-state index >= 15 is 0 Å². The number of halogens is 1. The van der Waals surface area contributed by atoms with Crippen molar-refractivity contribution in [2.75, 3.05) is 6.54 Å². The molecule has 1 aromatic rings. The smallest absolute Gasteiger partial charge is 0.267 e. The number of nitrogens with one attached hydrogen (secondary N) is 1. The van der Waals surface area contributed by atoms with Gasteiger partial charge in [-0.05, 0) is 35.8 Å². The van der Waals surface area contributed by atoms with Crippen LogP contribution >= 0.6 is 15.9 Å². The molecule has 0 aromatic carbocycles. The van der Waals surface area contributed by atoms with Gasteiger partial charge >= 0.3 is 0 Å². The Balaban J connectivity index is 2.55. The third-order valence-electron chi connectivity index (χ3n) is 2.29. The van der Waals surface area contributed by atoms with Crippen LogP contribution in [0.4, 0.5) is 0 Å². The first-order valence-electron chi connectivity index (χ1n) is 5.47. The average Bonchev–Trinajstić information content (AvgIpc) is 2.23. The second-order valence-corrected chi connectivity index (χ2v) is 4.90. The highest BCUT2D eigenvalue weighted by molar-refractivity contribution is 9.10. The number of aryl methyl sites for hydroxylation is 2. The van der Waals surface area contributed by atoms with E-state index in [1.165, 1.54) is 0 Å². The molecular formula is C11H18BrN3O. The summed E-state index contributed by atoms with van der Waals surface area (Å²) in [6.45, 7) is 7.64. The third-order valence-corrected chi connectivity index (χ3v) is 3.20. The Hall–Kier alpha value is -0.680. The maximum absolute atomic E-state index is 11.8. The molecule has 0 unspecified atom stereocenters. The first kappa shape index (κ1) is 13.4. The minimum Gasteiger partial charge on any atom is -0.314 e. The summed E-state index contributed by atoms with van der Waals surface area (Å²) in [5.74, 6) is 0. The summed E-state index contributed by atoms with van der Waals surface area (Å²) < 4.78 is 2.20. The van der Waals surface area contributed by atoms with Crippen molar-refractivity contribution in [1.82, 2.24) is 14.9 Å². The number of rotatable bonds is 5. The molecule has 0 aliphatic heterocycles. The zero-order valence-corrected chi connectivity index (χ0v) is 11.5. The van der Waals surface area contributed by atoms with Crippen LogP contribution in [0.3, 0.4) is 0 Å². The molecule has 0 radical (unpaired) electrons. The zero-order valence-electron chi connectivity index (χ0n) is 9.96. The lowest BCUT2D eigenvalue weighted by molar-refractivity contribution is 0.525. The van der Waals surface area contributed by atoms with Crippen molar-refractivity contribution >= 4 is 15.9 Å². The van der Waals surface area contributed by atoms with Gasteiger partial charge in [0.25, 0.3) is 5.56 Å². The maximum Gasteiger partial charge on any atom is 0.267 e. The monoisotopic (exact) mass is 287 g/mol. The Kier molecular flexibility index (Phi) is 5.15. The standard InChI is InChI=1S/C11H18BrN3O/c1-8(2)13-5-4-6-15-7-14-9(3)10(12)11(15)16/h7-8,13H,4-6H2,1-3H3. The summed E-state index contributed by atoms with van der Waals surface area (Å²) in [6, 6.07) is 0.486. The van der Waals surface area contributed by atoms with E-state index in [1.54, 1.807) is 10.9 Å². The van der Waals surface area contributed by atoms with Gasteiger partial charge in [0, 0.05) is 12.6 Å². The van der Waals surface area contributed by atoms with Gasteiger partial charge in [0.15, 0.2) is 0 Å². The third kappa shape index (κ3) is 3.72. The first-order chi connectivity index (χ1) is 7.52. The topological polar surface area (TPSA) is 46.9 Å². The Labute approximate surface area is 104 Å². The maximum atomic E-state index is 11.8. The molecule has 0 aliphatic rings. The summed E-state index contributed by atoms with van der Waals surface area (Å²) >= 11 is 3.25. The molecule has 0 fully saturated rings. The summed E-state index contributed by atoms with van der Waals surface area (Å²) in [4.78, 5) is 15.9. The van der Waals surface area contributed by atoms with Crippen molar-refractivity contribution in [2.24, 2.45) is 0 Å². The molecule has 5 heteroatoms. The van der Waals surface area contributed by atoms with Gasteiger partial charge in [-0.3, -0.25) is 9.36 Å². The lowest BCUT2D eigenvalue weighted by atomic mass is 10.3. The molecule has 0 saturated heterocycles.